The van der Waals surface area contributed by atoms with Gasteiger partial charge in [0.1, 0.15) is 23.9 Å². The van der Waals surface area contributed by atoms with Crippen LogP contribution in [0.3, 0.4) is 0 Å². The molecule has 5 aromatic rings. The van der Waals surface area contributed by atoms with Gasteiger partial charge in [0.05, 0.1) is 28.2 Å². The lowest BCUT2D eigenvalue weighted by molar-refractivity contribution is -0.274. The normalized spacial score (nSPS) is 17.4. The summed E-state index contributed by atoms with van der Waals surface area (Å²) in [7, 11) is 0. The highest BCUT2D eigenvalue weighted by atomic mass is 19.4. The van der Waals surface area contributed by atoms with Crippen molar-refractivity contribution in [1.82, 2.24) is 14.5 Å². The van der Waals surface area contributed by atoms with Crippen LogP contribution in [0.25, 0.3) is 21.9 Å². The maximum Gasteiger partial charge on any atom is 0.573 e. The van der Waals surface area contributed by atoms with Crippen LogP contribution in [-0.2, 0) is 17.9 Å². The predicted octanol–water partition coefficient (Wildman–Crippen LogP) is 7.47. The van der Waals surface area contributed by atoms with Crippen molar-refractivity contribution in [2.75, 3.05) is 0 Å². The van der Waals surface area contributed by atoms with Gasteiger partial charge in [-0.25, -0.2) is 9.97 Å². The molecule has 0 bridgehead atoms. The number of rotatable bonds is 8. The molecule has 6 rings (SSSR count). The molecule has 0 spiro atoms. The highest BCUT2D eigenvalue weighted by molar-refractivity contribution is 5.79. The van der Waals surface area contributed by atoms with Gasteiger partial charge in [-0.2, -0.15) is 0 Å². The number of halogens is 3. The third-order valence-electron chi connectivity index (χ3n) is 7.68. The number of fused-ring (bicyclic) bond motifs is 2. The minimum atomic E-state index is -4.80. The molecule has 2 aromatic heterocycles. The second kappa shape index (κ2) is 11.3. The smallest absolute Gasteiger partial charge is 0.487 e. The Bertz CT molecular complexity index is 1750. The van der Waals surface area contributed by atoms with Gasteiger partial charge in [-0.1, -0.05) is 49.2 Å². The van der Waals surface area contributed by atoms with E-state index in [-0.39, 0.29) is 24.8 Å². The van der Waals surface area contributed by atoms with Gasteiger partial charge in [0.2, 0.25) is 0 Å². The van der Waals surface area contributed by atoms with Crippen molar-refractivity contribution in [3.63, 3.8) is 0 Å². The standard InChI is InChI=1S/C32H28F3N3O4/c33-32(34,35)42-24-8-5-6-20(16-24)18-38-29-15-14-23(41-19-22-13-12-21-7-1-4-11-27(21)36-22)17-28(29)37-30(38)25-9-2-3-10-26(25)31(39)40/h1,4-8,11-17,25-26H,2-3,9-10,18-19H2,(H,39,40)/t25-,26+/m1/s1. The molecule has 3 aromatic carbocycles. The number of pyridine rings is 1. The highest BCUT2D eigenvalue weighted by Crippen LogP contribution is 2.39. The molecule has 10 heteroatoms. The fourth-order valence-corrected chi connectivity index (χ4v) is 5.77. The monoisotopic (exact) mass is 575 g/mol. The maximum atomic E-state index is 12.9. The summed E-state index contributed by atoms with van der Waals surface area (Å²) in [6.45, 7) is 0.449. The number of carboxylic acids is 1. The number of hydrogen-bond acceptors (Lipinski definition) is 5. The largest absolute Gasteiger partial charge is 0.573 e. The van der Waals surface area contributed by atoms with Crippen molar-refractivity contribution in [2.24, 2.45) is 5.92 Å². The lowest BCUT2D eigenvalue weighted by Gasteiger charge is -2.28. The molecule has 1 aliphatic rings. The summed E-state index contributed by atoms with van der Waals surface area (Å²) in [6, 6.07) is 23.0. The van der Waals surface area contributed by atoms with Crippen LogP contribution in [0.4, 0.5) is 13.2 Å². The number of alkyl halides is 3. The van der Waals surface area contributed by atoms with Crippen LogP contribution in [0.5, 0.6) is 11.5 Å². The van der Waals surface area contributed by atoms with E-state index in [4.69, 9.17) is 9.72 Å². The van der Waals surface area contributed by atoms with Gasteiger partial charge in [0.25, 0.3) is 0 Å². The molecule has 0 saturated heterocycles. The van der Waals surface area contributed by atoms with Crippen molar-refractivity contribution in [3.05, 3.63) is 95.9 Å². The van der Waals surface area contributed by atoms with Crippen LogP contribution in [-0.4, -0.2) is 32.0 Å². The molecule has 0 aliphatic heterocycles. The first kappa shape index (κ1) is 27.6. The zero-order valence-electron chi connectivity index (χ0n) is 22.6. The predicted molar refractivity (Wildman–Crippen MR) is 150 cm³/mol. The number of ether oxygens (including phenoxy) is 2. The fourth-order valence-electron chi connectivity index (χ4n) is 5.77. The molecule has 0 unspecified atom stereocenters. The molecular weight excluding hydrogens is 547 g/mol. The van der Waals surface area contributed by atoms with E-state index >= 15 is 0 Å². The number of para-hydroxylation sites is 1. The number of aromatic nitrogens is 3. The summed E-state index contributed by atoms with van der Waals surface area (Å²) in [5.41, 5.74) is 3.57. The Kier molecular flexibility index (Phi) is 7.45. The first-order valence-electron chi connectivity index (χ1n) is 13.8. The van der Waals surface area contributed by atoms with E-state index in [1.165, 1.54) is 18.2 Å². The Morgan fingerprint density at radius 2 is 1.74 bits per heavy atom. The summed E-state index contributed by atoms with van der Waals surface area (Å²) >= 11 is 0. The van der Waals surface area contributed by atoms with Crippen LogP contribution in [0.2, 0.25) is 0 Å². The number of hydrogen-bond donors (Lipinski definition) is 1. The topological polar surface area (TPSA) is 86.5 Å². The van der Waals surface area contributed by atoms with E-state index in [0.29, 0.717) is 35.5 Å². The lowest BCUT2D eigenvalue weighted by atomic mass is 9.78. The summed E-state index contributed by atoms with van der Waals surface area (Å²) in [6.07, 6.45) is -1.90. The lowest BCUT2D eigenvalue weighted by Crippen LogP contribution is -2.27. The van der Waals surface area contributed by atoms with Gasteiger partial charge in [0, 0.05) is 23.9 Å². The average Bonchev–Trinajstić information content (AvgIpc) is 3.32. The summed E-state index contributed by atoms with van der Waals surface area (Å²) < 4.78 is 50.6. The molecule has 2 atom stereocenters. The van der Waals surface area contributed by atoms with Crippen molar-refractivity contribution in [1.29, 1.82) is 0 Å². The Morgan fingerprint density at radius 3 is 2.57 bits per heavy atom. The highest BCUT2D eigenvalue weighted by Gasteiger charge is 2.35. The van der Waals surface area contributed by atoms with Crippen molar-refractivity contribution < 1.29 is 32.5 Å². The van der Waals surface area contributed by atoms with E-state index < -0.39 is 18.2 Å². The molecule has 216 valence electrons. The molecule has 7 nitrogen and oxygen atoms in total. The van der Waals surface area contributed by atoms with E-state index in [0.717, 1.165) is 35.0 Å². The zero-order chi connectivity index (χ0) is 29.3. The first-order valence-corrected chi connectivity index (χ1v) is 13.8. The van der Waals surface area contributed by atoms with Gasteiger partial charge >= 0.3 is 12.3 Å². The number of benzene rings is 3. The van der Waals surface area contributed by atoms with E-state index in [9.17, 15) is 23.1 Å². The molecule has 1 fully saturated rings. The molecular formula is C32H28F3N3O4. The van der Waals surface area contributed by atoms with Crippen LogP contribution < -0.4 is 9.47 Å². The third-order valence-corrected chi connectivity index (χ3v) is 7.68. The quantitative estimate of drug-likeness (QED) is 0.207. The summed E-state index contributed by atoms with van der Waals surface area (Å²) in [4.78, 5) is 21.7. The van der Waals surface area contributed by atoms with Crippen molar-refractivity contribution >= 4 is 27.9 Å². The first-order chi connectivity index (χ1) is 20.2. The number of nitrogens with zero attached hydrogens (tertiary/aromatic N) is 3. The van der Waals surface area contributed by atoms with E-state index in [2.05, 4.69) is 9.72 Å². The molecule has 1 saturated carbocycles. The second-order valence-electron chi connectivity index (χ2n) is 10.5. The number of aliphatic carboxylic acids is 1. The number of carbonyl (C=O) groups is 1. The van der Waals surface area contributed by atoms with Crippen LogP contribution in [0.15, 0.2) is 78.9 Å². The Labute approximate surface area is 239 Å². The minimum Gasteiger partial charge on any atom is -0.487 e. The molecule has 1 N–H and O–H groups in total. The van der Waals surface area contributed by atoms with Gasteiger partial charge in [-0.15, -0.1) is 13.2 Å². The number of imidazole rings is 1. The maximum absolute atomic E-state index is 12.9. The molecule has 0 amide bonds. The van der Waals surface area contributed by atoms with Gasteiger partial charge in [-0.3, -0.25) is 4.79 Å². The van der Waals surface area contributed by atoms with Crippen molar-refractivity contribution in [3.8, 4) is 11.5 Å². The van der Waals surface area contributed by atoms with Gasteiger partial charge in [-0.05, 0) is 54.8 Å². The Hall–Kier alpha value is -4.60. The molecule has 2 heterocycles. The van der Waals surface area contributed by atoms with Gasteiger partial charge in [0.15, 0.2) is 0 Å². The van der Waals surface area contributed by atoms with E-state index in [1.54, 1.807) is 12.1 Å². The molecule has 42 heavy (non-hydrogen) atoms. The SMILES string of the molecule is O=C(O)[C@H]1CCCC[C@H]1c1nc2cc(OCc3ccc4ccccc4n3)ccc2n1Cc1cccc(OC(F)(F)F)c1. The summed E-state index contributed by atoms with van der Waals surface area (Å²) in [5, 5.41) is 11.0. The number of carboxylic acid groups (broad SMARTS) is 1. The minimum absolute atomic E-state index is 0.199. The Morgan fingerprint density at radius 1 is 0.905 bits per heavy atom. The summed E-state index contributed by atoms with van der Waals surface area (Å²) in [5.74, 6) is -0.926. The van der Waals surface area contributed by atoms with Crippen molar-refractivity contribution in [2.45, 2.75) is 51.1 Å². The van der Waals surface area contributed by atoms with Gasteiger partial charge < -0.3 is 19.1 Å². The van der Waals surface area contributed by atoms with Crippen LogP contribution in [0, 0.1) is 5.92 Å². The zero-order valence-corrected chi connectivity index (χ0v) is 22.6. The fraction of sp³-hybridized carbons (Fsp3) is 0.281. The van der Waals surface area contributed by atoms with E-state index in [1.807, 2.05) is 53.1 Å². The third kappa shape index (κ3) is 6.02. The average molecular weight is 576 g/mol. The second-order valence-corrected chi connectivity index (χ2v) is 10.5. The Balaban J connectivity index is 1.33. The molecule has 1 aliphatic carbocycles. The van der Waals surface area contributed by atoms with Crippen LogP contribution >= 0.6 is 0 Å². The van der Waals surface area contributed by atoms with Crippen LogP contribution in [0.1, 0.15) is 48.7 Å². The molecule has 0 radical (unpaired) electrons.